The maximum atomic E-state index is 12.6. The van der Waals surface area contributed by atoms with Crippen molar-refractivity contribution >= 4 is 28.9 Å². The van der Waals surface area contributed by atoms with E-state index in [1.165, 1.54) is 18.2 Å². The Morgan fingerprint density at radius 1 is 1.04 bits per heavy atom. The van der Waals surface area contributed by atoms with Crippen molar-refractivity contribution in [2.75, 3.05) is 5.32 Å². The van der Waals surface area contributed by atoms with Crippen LogP contribution in [0.25, 0.3) is 0 Å². The second-order valence-corrected chi connectivity index (χ2v) is 6.04. The molecule has 0 aromatic heterocycles. The molecule has 7 heteroatoms. The molecule has 1 N–H and O–H groups in total. The van der Waals surface area contributed by atoms with Crippen LogP contribution in [0.4, 0.5) is 11.4 Å². The lowest BCUT2D eigenvalue weighted by molar-refractivity contribution is -0.384. The van der Waals surface area contributed by atoms with E-state index >= 15 is 0 Å². The van der Waals surface area contributed by atoms with Gasteiger partial charge < -0.3 is 10.1 Å². The number of ether oxygens (including phenoxy) is 1. The maximum Gasteiger partial charge on any atom is 0.289 e. The number of carbonyl (C=O) groups excluding carboxylic acids is 1. The van der Waals surface area contributed by atoms with Crippen LogP contribution in [0.3, 0.4) is 0 Å². The number of nitrogens with one attached hydrogen (secondary N) is 1. The lowest BCUT2D eigenvalue weighted by atomic mass is 10.1. The highest BCUT2D eigenvalue weighted by Gasteiger charge is 2.16. The lowest BCUT2D eigenvalue weighted by Gasteiger charge is -2.11. The molecule has 1 amide bonds. The molecule has 0 aliphatic carbocycles. The van der Waals surface area contributed by atoms with E-state index in [0.29, 0.717) is 16.9 Å². The van der Waals surface area contributed by atoms with Crippen LogP contribution >= 0.6 is 11.6 Å². The topological polar surface area (TPSA) is 81.5 Å². The summed E-state index contributed by atoms with van der Waals surface area (Å²) in [5.41, 5.74) is 1.14. The van der Waals surface area contributed by atoms with Crippen molar-refractivity contribution in [2.45, 2.75) is 6.61 Å². The lowest BCUT2D eigenvalue weighted by Crippen LogP contribution is -2.15. The fourth-order valence-corrected chi connectivity index (χ4v) is 2.66. The van der Waals surface area contributed by atoms with Gasteiger partial charge in [-0.15, -0.1) is 0 Å². The van der Waals surface area contributed by atoms with Gasteiger partial charge in [0.05, 0.1) is 4.92 Å². The number of amides is 1. The Morgan fingerprint density at radius 2 is 1.74 bits per heavy atom. The number of hydrogen-bond acceptors (Lipinski definition) is 4. The second-order valence-electron chi connectivity index (χ2n) is 5.64. The van der Waals surface area contributed by atoms with E-state index in [4.69, 9.17) is 16.3 Å². The fraction of sp³-hybridized carbons (Fsp3) is 0.0500. The molecule has 0 saturated heterocycles. The third kappa shape index (κ3) is 4.62. The summed E-state index contributed by atoms with van der Waals surface area (Å²) in [6.07, 6.45) is 0. The second kappa shape index (κ2) is 8.33. The van der Waals surface area contributed by atoms with Crippen LogP contribution in [0.5, 0.6) is 5.75 Å². The van der Waals surface area contributed by atoms with Crippen molar-refractivity contribution in [2.24, 2.45) is 0 Å². The molecule has 0 heterocycles. The summed E-state index contributed by atoms with van der Waals surface area (Å²) in [5.74, 6) is 0.305. The first-order chi connectivity index (χ1) is 13.0. The number of carbonyl (C=O) groups is 1. The van der Waals surface area contributed by atoms with Gasteiger partial charge in [0.25, 0.3) is 11.6 Å². The van der Waals surface area contributed by atoms with Gasteiger partial charge in [0, 0.05) is 22.9 Å². The average Bonchev–Trinajstić information content (AvgIpc) is 2.68. The van der Waals surface area contributed by atoms with Gasteiger partial charge in [0.2, 0.25) is 0 Å². The summed E-state index contributed by atoms with van der Waals surface area (Å²) in [4.78, 5) is 23.0. The summed E-state index contributed by atoms with van der Waals surface area (Å²) < 4.78 is 5.71. The molecule has 0 aliphatic rings. The van der Waals surface area contributed by atoms with Crippen LogP contribution in [-0.4, -0.2) is 10.8 Å². The van der Waals surface area contributed by atoms with Crippen LogP contribution in [0, 0.1) is 10.1 Å². The number of nitro groups is 1. The predicted octanol–water partition coefficient (Wildman–Crippen LogP) is 5.08. The van der Waals surface area contributed by atoms with Gasteiger partial charge in [0.15, 0.2) is 0 Å². The van der Waals surface area contributed by atoms with Crippen LogP contribution in [0.2, 0.25) is 5.02 Å². The molecule has 3 aromatic rings. The van der Waals surface area contributed by atoms with E-state index in [9.17, 15) is 14.9 Å². The number of rotatable bonds is 6. The molecule has 27 heavy (non-hydrogen) atoms. The molecule has 3 aromatic carbocycles. The Hall–Kier alpha value is -3.38. The number of para-hydroxylation sites is 1. The molecule has 0 aliphatic heterocycles. The van der Waals surface area contributed by atoms with Gasteiger partial charge in [-0.2, -0.15) is 0 Å². The van der Waals surface area contributed by atoms with Gasteiger partial charge >= 0.3 is 0 Å². The quantitative estimate of drug-likeness (QED) is 0.476. The van der Waals surface area contributed by atoms with Crippen LogP contribution < -0.4 is 10.1 Å². The Kier molecular flexibility index (Phi) is 5.68. The Balaban J connectivity index is 1.77. The number of halogens is 1. The average molecular weight is 383 g/mol. The SMILES string of the molecule is O=C(Nc1ccc(Cl)c([N+](=O)[O-])c1)c1ccccc1COc1ccccc1. The highest BCUT2D eigenvalue weighted by molar-refractivity contribution is 6.32. The molecule has 0 saturated carbocycles. The molecular formula is C20H15ClN2O4. The molecule has 6 nitrogen and oxygen atoms in total. The molecule has 3 rings (SSSR count). The van der Waals surface area contributed by atoms with Crippen molar-refractivity contribution < 1.29 is 14.5 Å². The third-order valence-corrected chi connectivity index (χ3v) is 4.12. The van der Waals surface area contributed by atoms with Crippen LogP contribution in [0.15, 0.2) is 72.8 Å². The zero-order chi connectivity index (χ0) is 19.2. The minimum absolute atomic E-state index is 0.00894. The molecule has 0 unspecified atom stereocenters. The Labute approximate surface area is 160 Å². The number of benzene rings is 3. The van der Waals surface area contributed by atoms with Gasteiger partial charge in [-0.05, 0) is 30.3 Å². The summed E-state index contributed by atoms with van der Waals surface area (Å²) in [5, 5.41) is 13.7. The first kappa shape index (κ1) is 18.4. The molecule has 0 bridgehead atoms. The highest BCUT2D eigenvalue weighted by Crippen LogP contribution is 2.27. The van der Waals surface area contributed by atoms with Gasteiger partial charge in [-0.25, -0.2) is 0 Å². The first-order valence-corrected chi connectivity index (χ1v) is 8.43. The van der Waals surface area contributed by atoms with Gasteiger partial charge in [-0.3, -0.25) is 14.9 Å². The van der Waals surface area contributed by atoms with E-state index in [1.54, 1.807) is 18.2 Å². The Morgan fingerprint density at radius 3 is 2.48 bits per heavy atom. The molecule has 0 fully saturated rings. The number of nitro benzene ring substituents is 1. The zero-order valence-electron chi connectivity index (χ0n) is 14.1. The van der Waals surface area contributed by atoms with Gasteiger partial charge in [0.1, 0.15) is 17.4 Å². The highest BCUT2D eigenvalue weighted by atomic mass is 35.5. The van der Waals surface area contributed by atoms with Crippen LogP contribution in [-0.2, 0) is 6.61 Å². The minimum Gasteiger partial charge on any atom is -0.489 e. The molecule has 0 radical (unpaired) electrons. The monoisotopic (exact) mass is 382 g/mol. The first-order valence-electron chi connectivity index (χ1n) is 8.05. The summed E-state index contributed by atoms with van der Waals surface area (Å²) in [7, 11) is 0. The number of anilines is 1. The van der Waals surface area contributed by atoms with Crippen molar-refractivity contribution in [3.8, 4) is 5.75 Å². The molecule has 0 atom stereocenters. The predicted molar refractivity (Wildman–Crippen MR) is 103 cm³/mol. The van der Waals surface area contributed by atoms with Crippen molar-refractivity contribution in [3.05, 3.63) is 99.1 Å². The molecule has 0 spiro atoms. The van der Waals surface area contributed by atoms with E-state index in [1.807, 2.05) is 36.4 Å². The van der Waals surface area contributed by atoms with Crippen molar-refractivity contribution in [3.63, 3.8) is 0 Å². The van der Waals surface area contributed by atoms with E-state index in [-0.39, 0.29) is 28.9 Å². The number of hydrogen-bond donors (Lipinski definition) is 1. The number of nitrogens with zero attached hydrogens (tertiary/aromatic N) is 1. The molecule has 136 valence electrons. The smallest absolute Gasteiger partial charge is 0.289 e. The fourth-order valence-electron chi connectivity index (χ4n) is 2.47. The van der Waals surface area contributed by atoms with Crippen molar-refractivity contribution in [1.82, 2.24) is 0 Å². The molecular weight excluding hydrogens is 368 g/mol. The summed E-state index contributed by atoms with van der Waals surface area (Å²) in [6.45, 7) is 0.217. The normalized spacial score (nSPS) is 10.3. The van der Waals surface area contributed by atoms with E-state index < -0.39 is 4.92 Å². The maximum absolute atomic E-state index is 12.6. The third-order valence-electron chi connectivity index (χ3n) is 3.80. The summed E-state index contributed by atoms with van der Waals surface area (Å²) >= 11 is 5.80. The van der Waals surface area contributed by atoms with Crippen LogP contribution in [0.1, 0.15) is 15.9 Å². The van der Waals surface area contributed by atoms with Crippen molar-refractivity contribution in [1.29, 1.82) is 0 Å². The summed E-state index contributed by atoms with van der Waals surface area (Å²) in [6, 6.07) is 20.4. The standard InChI is InChI=1S/C20H15ClN2O4/c21-18-11-10-15(12-19(18)23(25)26)22-20(24)17-9-5-4-6-14(17)13-27-16-7-2-1-3-8-16/h1-12H,13H2,(H,22,24). The minimum atomic E-state index is -0.598. The van der Waals surface area contributed by atoms with E-state index in [2.05, 4.69) is 5.32 Å². The van der Waals surface area contributed by atoms with Gasteiger partial charge in [-0.1, -0.05) is 48.0 Å². The largest absolute Gasteiger partial charge is 0.489 e. The Bertz CT molecular complexity index is 977. The zero-order valence-corrected chi connectivity index (χ0v) is 14.8. The van der Waals surface area contributed by atoms with E-state index in [0.717, 1.165) is 0 Å².